The van der Waals surface area contributed by atoms with Gasteiger partial charge in [-0.25, -0.2) is 9.59 Å². The Labute approximate surface area is 119 Å². The van der Waals surface area contributed by atoms with Gasteiger partial charge in [-0.05, 0) is 64.6 Å². The summed E-state index contributed by atoms with van der Waals surface area (Å²) in [7, 11) is 2.10. The van der Waals surface area contributed by atoms with Crippen LogP contribution in [0.4, 0.5) is 4.79 Å². The van der Waals surface area contributed by atoms with E-state index in [2.05, 4.69) is 22.6 Å². The molecule has 2 fully saturated rings. The van der Waals surface area contributed by atoms with Gasteiger partial charge >= 0.3 is 12.0 Å². The fourth-order valence-corrected chi connectivity index (χ4v) is 2.77. The summed E-state index contributed by atoms with van der Waals surface area (Å²) in [5, 5.41) is 14.8. The van der Waals surface area contributed by atoms with E-state index < -0.39 is 11.5 Å². The number of urea groups is 1. The number of hydrogen-bond donors (Lipinski definition) is 3. The van der Waals surface area contributed by atoms with Crippen molar-refractivity contribution in [3.05, 3.63) is 0 Å². The van der Waals surface area contributed by atoms with Crippen LogP contribution in [-0.2, 0) is 4.79 Å². The van der Waals surface area contributed by atoms with Crippen molar-refractivity contribution in [1.29, 1.82) is 0 Å². The molecule has 2 aliphatic rings. The zero-order valence-electron chi connectivity index (χ0n) is 12.3. The van der Waals surface area contributed by atoms with Crippen LogP contribution in [0.1, 0.15) is 32.6 Å². The van der Waals surface area contributed by atoms with E-state index in [-0.39, 0.29) is 11.9 Å². The third-order valence-corrected chi connectivity index (χ3v) is 4.60. The minimum atomic E-state index is -1.13. The van der Waals surface area contributed by atoms with Crippen molar-refractivity contribution >= 4 is 12.0 Å². The lowest BCUT2D eigenvalue weighted by Gasteiger charge is -2.30. The van der Waals surface area contributed by atoms with Gasteiger partial charge in [0.15, 0.2) is 0 Å². The van der Waals surface area contributed by atoms with Crippen molar-refractivity contribution < 1.29 is 14.7 Å². The van der Waals surface area contributed by atoms with Gasteiger partial charge in [-0.1, -0.05) is 0 Å². The lowest BCUT2D eigenvalue weighted by atomic mass is 9.96. The quantitative estimate of drug-likeness (QED) is 0.699. The molecule has 1 heterocycles. The number of carboxylic acids is 1. The summed E-state index contributed by atoms with van der Waals surface area (Å²) in [4.78, 5) is 25.5. The minimum absolute atomic E-state index is 0.0640. The second kappa shape index (κ2) is 5.99. The standard InChI is InChI=1S/C14H25N3O3/c1-14(12(18)19,11-3-4-11)16-13(20)15-9-10-5-7-17(2)8-6-10/h10-11H,3-9H2,1-2H3,(H,18,19)(H2,15,16,20). The van der Waals surface area contributed by atoms with Crippen molar-refractivity contribution in [1.82, 2.24) is 15.5 Å². The van der Waals surface area contributed by atoms with Gasteiger partial charge in [0, 0.05) is 6.54 Å². The van der Waals surface area contributed by atoms with Gasteiger partial charge < -0.3 is 20.6 Å². The monoisotopic (exact) mass is 283 g/mol. The van der Waals surface area contributed by atoms with Crippen LogP contribution in [0, 0.1) is 11.8 Å². The maximum atomic E-state index is 11.9. The summed E-state index contributed by atoms with van der Waals surface area (Å²) in [6.07, 6.45) is 3.90. The third kappa shape index (κ3) is 3.62. The summed E-state index contributed by atoms with van der Waals surface area (Å²) >= 11 is 0. The molecule has 1 saturated carbocycles. The van der Waals surface area contributed by atoms with Crippen molar-refractivity contribution in [2.45, 2.75) is 38.1 Å². The summed E-state index contributed by atoms with van der Waals surface area (Å²) < 4.78 is 0. The first-order valence-electron chi connectivity index (χ1n) is 7.39. The Hall–Kier alpha value is -1.30. The van der Waals surface area contributed by atoms with Crippen LogP contribution in [0.3, 0.4) is 0 Å². The first-order chi connectivity index (χ1) is 9.41. The molecule has 0 radical (unpaired) electrons. The van der Waals surface area contributed by atoms with E-state index >= 15 is 0 Å². The van der Waals surface area contributed by atoms with E-state index in [1.165, 1.54) is 0 Å². The molecule has 1 saturated heterocycles. The maximum absolute atomic E-state index is 11.9. The Balaban J connectivity index is 1.76. The molecule has 1 aliphatic carbocycles. The predicted octanol–water partition coefficient (Wildman–Crippen LogP) is 0.881. The van der Waals surface area contributed by atoms with Crippen LogP contribution in [0.5, 0.6) is 0 Å². The highest BCUT2D eigenvalue weighted by molar-refractivity contribution is 5.86. The number of likely N-dealkylation sites (tertiary alicyclic amines) is 1. The van der Waals surface area contributed by atoms with Gasteiger partial charge in [-0.2, -0.15) is 0 Å². The van der Waals surface area contributed by atoms with Crippen LogP contribution < -0.4 is 10.6 Å². The number of rotatable bonds is 5. The van der Waals surface area contributed by atoms with E-state index in [0.717, 1.165) is 38.8 Å². The predicted molar refractivity (Wildman–Crippen MR) is 75.5 cm³/mol. The molecule has 1 aliphatic heterocycles. The smallest absolute Gasteiger partial charge is 0.329 e. The van der Waals surface area contributed by atoms with Crippen molar-refractivity contribution in [3.63, 3.8) is 0 Å². The van der Waals surface area contributed by atoms with E-state index in [4.69, 9.17) is 0 Å². The summed E-state index contributed by atoms with van der Waals surface area (Å²) in [6.45, 7) is 4.34. The fraction of sp³-hybridized carbons (Fsp3) is 0.857. The van der Waals surface area contributed by atoms with Crippen LogP contribution in [0.15, 0.2) is 0 Å². The second-order valence-electron chi connectivity index (χ2n) is 6.36. The highest BCUT2D eigenvalue weighted by atomic mass is 16.4. The van der Waals surface area contributed by atoms with Gasteiger partial charge in [-0.15, -0.1) is 0 Å². The van der Waals surface area contributed by atoms with Gasteiger partial charge in [0.05, 0.1) is 0 Å². The molecule has 3 N–H and O–H groups in total. The molecule has 1 atom stereocenters. The number of hydrogen-bond acceptors (Lipinski definition) is 3. The number of amides is 2. The number of piperidine rings is 1. The molecule has 0 spiro atoms. The van der Waals surface area contributed by atoms with Crippen molar-refractivity contribution in [3.8, 4) is 0 Å². The molecule has 1 unspecified atom stereocenters. The van der Waals surface area contributed by atoms with E-state index in [1.54, 1.807) is 6.92 Å². The molecule has 2 amide bonds. The molecule has 6 nitrogen and oxygen atoms in total. The maximum Gasteiger partial charge on any atom is 0.329 e. The van der Waals surface area contributed by atoms with Gasteiger partial charge in [0.2, 0.25) is 0 Å². The summed E-state index contributed by atoms with van der Waals surface area (Å²) in [5.41, 5.74) is -1.13. The van der Waals surface area contributed by atoms with Gasteiger partial charge in [0.25, 0.3) is 0 Å². The van der Waals surface area contributed by atoms with Crippen molar-refractivity contribution in [2.75, 3.05) is 26.7 Å². The Morgan fingerprint density at radius 1 is 1.25 bits per heavy atom. The number of nitrogens with zero attached hydrogens (tertiary/aromatic N) is 1. The molecule has 6 heteroatoms. The van der Waals surface area contributed by atoms with Crippen LogP contribution in [0.25, 0.3) is 0 Å². The number of carbonyl (C=O) groups is 2. The summed E-state index contributed by atoms with van der Waals surface area (Å²) in [6, 6.07) is -0.360. The molecular weight excluding hydrogens is 258 g/mol. The molecule has 2 rings (SSSR count). The number of aliphatic carboxylic acids is 1. The highest BCUT2D eigenvalue weighted by Gasteiger charge is 2.48. The summed E-state index contributed by atoms with van der Waals surface area (Å²) in [5.74, 6) is -0.391. The molecule has 0 aromatic carbocycles. The van der Waals surface area contributed by atoms with Crippen LogP contribution in [-0.4, -0.2) is 54.2 Å². The van der Waals surface area contributed by atoms with Gasteiger partial charge in [-0.3, -0.25) is 0 Å². The van der Waals surface area contributed by atoms with Crippen molar-refractivity contribution in [2.24, 2.45) is 11.8 Å². The SMILES string of the molecule is CN1CCC(CNC(=O)NC(C)(C(=O)O)C2CC2)CC1. The fourth-order valence-electron chi connectivity index (χ4n) is 2.77. The zero-order chi connectivity index (χ0) is 14.8. The minimum Gasteiger partial charge on any atom is -0.480 e. The Kier molecular flexibility index (Phi) is 4.52. The third-order valence-electron chi connectivity index (χ3n) is 4.60. The van der Waals surface area contributed by atoms with E-state index in [9.17, 15) is 14.7 Å². The average Bonchev–Trinajstić information content (AvgIpc) is 3.22. The first kappa shape index (κ1) is 15.1. The lowest BCUT2D eigenvalue weighted by Crippen LogP contribution is -2.57. The van der Waals surface area contributed by atoms with E-state index in [1.807, 2.05) is 0 Å². The lowest BCUT2D eigenvalue weighted by molar-refractivity contribution is -0.144. The molecule has 114 valence electrons. The molecule has 0 aromatic rings. The van der Waals surface area contributed by atoms with E-state index in [0.29, 0.717) is 12.5 Å². The Bertz CT molecular complexity index is 376. The second-order valence-corrected chi connectivity index (χ2v) is 6.36. The molecule has 20 heavy (non-hydrogen) atoms. The number of carboxylic acid groups (broad SMARTS) is 1. The molecular formula is C14H25N3O3. The van der Waals surface area contributed by atoms with Crippen LogP contribution >= 0.6 is 0 Å². The Morgan fingerprint density at radius 2 is 1.85 bits per heavy atom. The average molecular weight is 283 g/mol. The molecule has 0 aromatic heterocycles. The highest BCUT2D eigenvalue weighted by Crippen LogP contribution is 2.39. The first-order valence-corrected chi connectivity index (χ1v) is 7.39. The topological polar surface area (TPSA) is 81.7 Å². The number of nitrogens with one attached hydrogen (secondary N) is 2. The number of carbonyl (C=O) groups excluding carboxylic acids is 1. The largest absolute Gasteiger partial charge is 0.480 e. The Morgan fingerprint density at radius 3 is 2.35 bits per heavy atom. The van der Waals surface area contributed by atoms with Gasteiger partial charge in [0.1, 0.15) is 5.54 Å². The normalized spacial score (nSPS) is 23.9. The van der Waals surface area contributed by atoms with Crippen LogP contribution in [0.2, 0.25) is 0 Å². The zero-order valence-corrected chi connectivity index (χ0v) is 12.3. The molecule has 0 bridgehead atoms.